The molecule has 27 heavy (non-hydrogen) atoms. The normalized spacial score (nSPS) is 16.9. The number of benzene rings is 1. The zero-order chi connectivity index (χ0) is 19.2. The van der Waals surface area contributed by atoms with E-state index in [4.69, 9.17) is 18.9 Å². The fraction of sp³-hybridized carbons (Fsp3) is 0.474. The smallest absolute Gasteiger partial charge is 0.227 e. The first-order chi connectivity index (χ1) is 13.1. The van der Waals surface area contributed by atoms with Crippen molar-refractivity contribution >= 4 is 5.91 Å². The summed E-state index contributed by atoms with van der Waals surface area (Å²) in [7, 11) is 4.68. The van der Waals surface area contributed by atoms with Gasteiger partial charge in [-0.15, -0.1) is 0 Å². The Kier molecular flexibility index (Phi) is 6.18. The van der Waals surface area contributed by atoms with Crippen molar-refractivity contribution in [3.05, 3.63) is 36.4 Å². The Morgan fingerprint density at radius 2 is 1.96 bits per heavy atom. The number of rotatable bonds is 7. The molecular formula is C19H25N3O5. The number of carbonyl (C=O) groups is 1. The number of nitrogens with zero attached hydrogens (tertiary/aromatic N) is 3. The largest absolute Gasteiger partial charge is 0.493 e. The first kappa shape index (κ1) is 19.0. The summed E-state index contributed by atoms with van der Waals surface area (Å²) >= 11 is 0. The maximum atomic E-state index is 12.8. The van der Waals surface area contributed by atoms with E-state index in [1.54, 1.807) is 33.9 Å². The van der Waals surface area contributed by atoms with Crippen LogP contribution in [-0.4, -0.2) is 67.5 Å². The number of methoxy groups -OCH3 is 3. The number of ether oxygens (including phenoxy) is 4. The summed E-state index contributed by atoms with van der Waals surface area (Å²) in [5, 5.41) is 0. The third-order valence-corrected chi connectivity index (χ3v) is 4.54. The fourth-order valence-corrected chi connectivity index (χ4v) is 3.21. The van der Waals surface area contributed by atoms with Crippen LogP contribution in [0.15, 0.2) is 30.9 Å². The molecule has 1 fully saturated rings. The van der Waals surface area contributed by atoms with Gasteiger partial charge in [-0.3, -0.25) is 4.79 Å². The van der Waals surface area contributed by atoms with Gasteiger partial charge in [0, 0.05) is 25.5 Å². The fourth-order valence-electron chi connectivity index (χ4n) is 3.21. The molecule has 1 saturated heterocycles. The highest BCUT2D eigenvalue weighted by atomic mass is 16.5. The minimum atomic E-state index is -0.0446. The predicted octanol–water partition coefficient (Wildman–Crippen LogP) is 1.38. The summed E-state index contributed by atoms with van der Waals surface area (Å²) in [4.78, 5) is 18.7. The van der Waals surface area contributed by atoms with Crippen LogP contribution < -0.4 is 14.2 Å². The Labute approximate surface area is 158 Å². The Morgan fingerprint density at radius 3 is 2.56 bits per heavy atom. The molecule has 1 unspecified atom stereocenters. The van der Waals surface area contributed by atoms with E-state index >= 15 is 0 Å². The average molecular weight is 375 g/mol. The Hall–Kier alpha value is -2.74. The SMILES string of the molecule is COc1cc(CC(=O)N2CCOC(Cn3ccnc3)C2)cc(OC)c1OC. The van der Waals surface area contributed by atoms with Crippen LogP contribution >= 0.6 is 0 Å². The van der Waals surface area contributed by atoms with Crippen LogP contribution in [-0.2, 0) is 22.5 Å². The highest BCUT2D eigenvalue weighted by Crippen LogP contribution is 2.38. The summed E-state index contributed by atoms with van der Waals surface area (Å²) < 4.78 is 23.8. The van der Waals surface area contributed by atoms with Crippen LogP contribution in [0.3, 0.4) is 0 Å². The summed E-state index contributed by atoms with van der Waals surface area (Å²) in [5.41, 5.74) is 0.812. The molecule has 1 aromatic heterocycles. The lowest BCUT2D eigenvalue weighted by Crippen LogP contribution is -2.47. The van der Waals surface area contributed by atoms with Gasteiger partial charge in [-0.05, 0) is 17.7 Å². The molecule has 8 nitrogen and oxygen atoms in total. The second kappa shape index (κ2) is 8.77. The second-order valence-electron chi connectivity index (χ2n) is 6.30. The molecular weight excluding hydrogens is 350 g/mol. The molecule has 1 atom stereocenters. The van der Waals surface area contributed by atoms with Crippen LogP contribution in [0, 0.1) is 0 Å². The molecule has 3 rings (SSSR count). The standard InChI is InChI=1S/C19H25N3O5/c1-24-16-8-14(9-17(25-2)19(16)26-3)10-18(23)22-6-7-27-15(12-22)11-21-5-4-20-13-21/h4-5,8-9,13,15H,6-7,10-12H2,1-3H3. The van der Waals surface area contributed by atoms with E-state index in [2.05, 4.69) is 4.98 Å². The van der Waals surface area contributed by atoms with E-state index in [0.29, 0.717) is 43.5 Å². The monoisotopic (exact) mass is 375 g/mol. The van der Waals surface area contributed by atoms with E-state index in [0.717, 1.165) is 5.56 Å². The van der Waals surface area contributed by atoms with Gasteiger partial charge in [-0.2, -0.15) is 0 Å². The van der Waals surface area contributed by atoms with Gasteiger partial charge in [0.05, 0.1) is 53.3 Å². The van der Waals surface area contributed by atoms with Crippen LogP contribution in [0.5, 0.6) is 17.2 Å². The van der Waals surface area contributed by atoms with Crippen LogP contribution in [0.25, 0.3) is 0 Å². The molecule has 1 amide bonds. The molecule has 2 heterocycles. The van der Waals surface area contributed by atoms with Crippen molar-refractivity contribution in [2.45, 2.75) is 19.1 Å². The highest BCUT2D eigenvalue weighted by molar-refractivity contribution is 5.79. The van der Waals surface area contributed by atoms with E-state index in [1.807, 2.05) is 27.8 Å². The lowest BCUT2D eigenvalue weighted by atomic mass is 10.1. The summed E-state index contributed by atoms with van der Waals surface area (Å²) in [6.07, 6.45) is 5.59. The van der Waals surface area contributed by atoms with E-state index in [1.165, 1.54) is 0 Å². The number of morpholine rings is 1. The molecule has 0 bridgehead atoms. The average Bonchev–Trinajstić information content (AvgIpc) is 3.20. The van der Waals surface area contributed by atoms with Crippen LogP contribution in [0.2, 0.25) is 0 Å². The van der Waals surface area contributed by atoms with Gasteiger partial charge in [0.1, 0.15) is 0 Å². The highest BCUT2D eigenvalue weighted by Gasteiger charge is 2.25. The quantitative estimate of drug-likeness (QED) is 0.728. The van der Waals surface area contributed by atoms with Crippen LogP contribution in [0.4, 0.5) is 0 Å². The first-order valence-corrected chi connectivity index (χ1v) is 8.78. The lowest BCUT2D eigenvalue weighted by Gasteiger charge is -2.33. The minimum Gasteiger partial charge on any atom is -0.493 e. The van der Waals surface area contributed by atoms with Crippen molar-refractivity contribution in [2.75, 3.05) is 41.0 Å². The number of imidazole rings is 1. The molecule has 1 aliphatic heterocycles. The topological polar surface area (TPSA) is 75.0 Å². The summed E-state index contributed by atoms with van der Waals surface area (Å²) in [6, 6.07) is 3.62. The maximum Gasteiger partial charge on any atom is 0.227 e. The van der Waals surface area contributed by atoms with Crippen molar-refractivity contribution in [3.63, 3.8) is 0 Å². The van der Waals surface area contributed by atoms with E-state index in [-0.39, 0.29) is 18.4 Å². The molecule has 2 aromatic rings. The molecule has 0 N–H and O–H groups in total. The molecule has 8 heteroatoms. The minimum absolute atomic E-state index is 0.0446. The van der Waals surface area contributed by atoms with Gasteiger partial charge in [-0.25, -0.2) is 4.98 Å². The summed E-state index contributed by atoms with van der Waals surface area (Å²) in [6.45, 7) is 2.35. The van der Waals surface area contributed by atoms with Crippen molar-refractivity contribution < 1.29 is 23.7 Å². The number of aromatic nitrogens is 2. The third-order valence-electron chi connectivity index (χ3n) is 4.54. The molecule has 0 aliphatic carbocycles. The lowest BCUT2D eigenvalue weighted by molar-refractivity contribution is -0.138. The van der Waals surface area contributed by atoms with Crippen molar-refractivity contribution in [2.24, 2.45) is 0 Å². The van der Waals surface area contributed by atoms with E-state index < -0.39 is 0 Å². The number of hydrogen-bond donors (Lipinski definition) is 0. The number of carbonyl (C=O) groups excluding carboxylic acids is 1. The second-order valence-corrected chi connectivity index (χ2v) is 6.30. The molecule has 0 spiro atoms. The Bertz CT molecular complexity index is 738. The van der Waals surface area contributed by atoms with Gasteiger partial charge in [-0.1, -0.05) is 0 Å². The van der Waals surface area contributed by atoms with Gasteiger partial charge in [0.25, 0.3) is 0 Å². The van der Waals surface area contributed by atoms with Crippen LogP contribution in [0.1, 0.15) is 5.56 Å². The van der Waals surface area contributed by atoms with E-state index in [9.17, 15) is 4.79 Å². The zero-order valence-electron chi connectivity index (χ0n) is 15.9. The molecule has 1 aromatic carbocycles. The van der Waals surface area contributed by atoms with Gasteiger partial charge >= 0.3 is 0 Å². The summed E-state index contributed by atoms with van der Waals surface area (Å²) in [5.74, 6) is 1.64. The molecule has 0 saturated carbocycles. The Balaban J connectivity index is 1.67. The molecule has 1 aliphatic rings. The van der Waals surface area contributed by atoms with Gasteiger partial charge < -0.3 is 28.4 Å². The predicted molar refractivity (Wildman–Crippen MR) is 98.3 cm³/mol. The van der Waals surface area contributed by atoms with Crippen molar-refractivity contribution in [1.82, 2.24) is 14.5 Å². The van der Waals surface area contributed by atoms with Gasteiger partial charge in [0.15, 0.2) is 11.5 Å². The maximum absolute atomic E-state index is 12.8. The van der Waals surface area contributed by atoms with Crippen molar-refractivity contribution in [1.29, 1.82) is 0 Å². The number of amides is 1. The first-order valence-electron chi connectivity index (χ1n) is 8.78. The third kappa shape index (κ3) is 4.51. The number of hydrogen-bond acceptors (Lipinski definition) is 6. The molecule has 0 radical (unpaired) electrons. The van der Waals surface area contributed by atoms with Crippen molar-refractivity contribution in [3.8, 4) is 17.2 Å². The van der Waals surface area contributed by atoms with Gasteiger partial charge in [0.2, 0.25) is 11.7 Å². The Morgan fingerprint density at radius 1 is 1.22 bits per heavy atom. The molecule has 146 valence electrons. The zero-order valence-corrected chi connectivity index (χ0v) is 15.9.